The monoisotopic (exact) mass is 354 g/mol. The first-order chi connectivity index (χ1) is 12.7. The molecule has 6 nitrogen and oxygen atoms in total. The number of pyridine rings is 1. The fourth-order valence-corrected chi connectivity index (χ4v) is 4.25. The summed E-state index contributed by atoms with van der Waals surface area (Å²) in [6.07, 6.45) is 11.0. The average molecular weight is 354 g/mol. The van der Waals surface area contributed by atoms with E-state index in [0.717, 1.165) is 49.9 Å². The molecule has 0 spiro atoms. The highest BCUT2D eigenvalue weighted by atomic mass is 16.2. The lowest BCUT2D eigenvalue weighted by Gasteiger charge is -2.30. The van der Waals surface area contributed by atoms with Gasteiger partial charge < -0.3 is 14.6 Å². The number of rotatable bonds is 4. The van der Waals surface area contributed by atoms with Crippen LogP contribution in [-0.2, 0) is 16.1 Å². The largest absolute Gasteiger partial charge is 0.349 e. The minimum absolute atomic E-state index is 0.0521. The normalized spacial score (nSPS) is 21.2. The summed E-state index contributed by atoms with van der Waals surface area (Å²) in [4.78, 5) is 31.9. The number of aromatic nitrogens is 2. The van der Waals surface area contributed by atoms with E-state index in [1.165, 1.54) is 6.42 Å². The van der Waals surface area contributed by atoms with E-state index < -0.39 is 0 Å². The number of carbonyl (C=O) groups is 2. The van der Waals surface area contributed by atoms with Crippen molar-refractivity contribution in [1.82, 2.24) is 19.6 Å². The molecule has 1 saturated heterocycles. The van der Waals surface area contributed by atoms with E-state index in [4.69, 9.17) is 0 Å². The SMILES string of the molecule is O=C(NCc1cn2ccccc2n1)[C@H]1CCCN1C(=O)C1CCCCC1. The summed E-state index contributed by atoms with van der Waals surface area (Å²) in [5, 5.41) is 2.98. The van der Waals surface area contributed by atoms with Crippen LogP contribution in [0.1, 0.15) is 50.6 Å². The summed E-state index contributed by atoms with van der Waals surface area (Å²) in [5.41, 5.74) is 1.69. The van der Waals surface area contributed by atoms with E-state index in [1.807, 2.05) is 39.9 Å². The molecule has 2 aromatic rings. The van der Waals surface area contributed by atoms with Crippen LogP contribution in [0.2, 0.25) is 0 Å². The van der Waals surface area contributed by atoms with Gasteiger partial charge in [-0.05, 0) is 37.8 Å². The van der Waals surface area contributed by atoms with Crippen LogP contribution in [0.4, 0.5) is 0 Å². The maximum Gasteiger partial charge on any atom is 0.243 e. The molecule has 1 atom stereocenters. The second kappa shape index (κ2) is 7.48. The second-order valence-corrected chi connectivity index (χ2v) is 7.44. The summed E-state index contributed by atoms with van der Waals surface area (Å²) < 4.78 is 1.94. The van der Waals surface area contributed by atoms with Gasteiger partial charge in [-0.3, -0.25) is 9.59 Å². The molecule has 2 aromatic heterocycles. The van der Waals surface area contributed by atoms with E-state index >= 15 is 0 Å². The lowest BCUT2D eigenvalue weighted by Crippen LogP contribution is -2.48. The third-order valence-electron chi connectivity index (χ3n) is 5.65. The van der Waals surface area contributed by atoms with Crippen molar-refractivity contribution in [3.05, 3.63) is 36.3 Å². The number of nitrogens with one attached hydrogen (secondary N) is 1. The number of nitrogens with zero attached hydrogens (tertiary/aromatic N) is 3. The Kier molecular flexibility index (Phi) is 4.91. The van der Waals surface area contributed by atoms with Gasteiger partial charge in [0.1, 0.15) is 11.7 Å². The maximum atomic E-state index is 12.8. The second-order valence-electron chi connectivity index (χ2n) is 7.44. The fourth-order valence-electron chi connectivity index (χ4n) is 4.25. The molecule has 2 aliphatic rings. The number of amides is 2. The Labute approximate surface area is 153 Å². The molecule has 26 heavy (non-hydrogen) atoms. The summed E-state index contributed by atoms with van der Waals surface area (Å²) in [5.74, 6) is 0.259. The Morgan fingerprint density at radius 3 is 2.77 bits per heavy atom. The minimum atomic E-state index is -0.318. The number of likely N-dealkylation sites (tertiary alicyclic amines) is 1. The lowest BCUT2D eigenvalue weighted by molar-refractivity contribution is -0.142. The van der Waals surface area contributed by atoms with Crippen molar-refractivity contribution in [2.75, 3.05) is 6.54 Å². The summed E-state index contributed by atoms with van der Waals surface area (Å²) in [7, 11) is 0. The van der Waals surface area contributed by atoms with E-state index in [0.29, 0.717) is 13.1 Å². The van der Waals surface area contributed by atoms with E-state index in [-0.39, 0.29) is 23.8 Å². The van der Waals surface area contributed by atoms with Crippen molar-refractivity contribution in [2.24, 2.45) is 5.92 Å². The smallest absolute Gasteiger partial charge is 0.243 e. The van der Waals surface area contributed by atoms with Gasteiger partial charge in [0.25, 0.3) is 0 Å². The highest BCUT2D eigenvalue weighted by molar-refractivity contribution is 5.89. The summed E-state index contributed by atoms with van der Waals surface area (Å²) in [6.45, 7) is 1.10. The summed E-state index contributed by atoms with van der Waals surface area (Å²) >= 11 is 0. The predicted molar refractivity (Wildman–Crippen MR) is 98.3 cm³/mol. The van der Waals surface area contributed by atoms with Crippen LogP contribution in [0.15, 0.2) is 30.6 Å². The molecule has 1 aliphatic carbocycles. The van der Waals surface area contributed by atoms with Crippen LogP contribution in [0.5, 0.6) is 0 Å². The first kappa shape index (κ1) is 17.1. The van der Waals surface area contributed by atoms with E-state index in [9.17, 15) is 9.59 Å². The zero-order valence-electron chi connectivity index (χ0n) is 15.1. The van der Waals surface area contributed by atoms with Crippen LogP contribution in [-0.4, -0.2) is 38.7 Å². The van der Waals surface area contributed by atoms with Gasteiger partial charge in [-0.25, -0.2) is 4.98 Å². The molecule has 0 radical (unpaired) electrons. The van der Waals surface area contributed by atoms with Gasteiger partial charge in [-0.2, -0.15) is 0 Å². The molecule has 4 rings (SSSR count). The molecule has 1 aliphatic heterocycles. The Morgan fingerprint density at radius 1 is 1.12 bits per heavy atom. The molecule has 3 heterocycles. The highest BCUT2D eigenvalue weighted by Crippen LogP contribution is 2.28. The Hall–Kier alpha value is -2.37. The van der Waals surface area contributed by atoms with Crippen molar-refractivity contribution in [3.8, 4) is 0 Å². The van der Waals surface area contributed by atoms with Crippen LogP contribution < -0.4 is 5.32 Å². The lowest BCUT2D eigenvalue weighted by atomic mass is 9.88. The standard InChI is InChI=1S/C20H26N4O2/c25-19(21-13-16-14-23-11-5-4-10-18(23)22-16)17-9-6-12-24(17)20(26)15-7-2-1-3-8-15/h4-5,10-11,14-15,17H,1-3,6-9,12-13H2,(H,21,25)/t17-/m1/s1. The number of hydrogen-bond donors (Lipinski definition) is 1. The molecule has 2 fully saturated rings. The number of fused-ring (bicyclic) bond motifs is 1. The molecule has 0 unspecified atom stereocenters. The number of imidazole rings is 1. The zero-order chi connectivity index (χ0) is 17.9. The van der Waals surface area contributed by atoms with Crippen molar-refractivity contribution in [1.29, 1.82) is 0 Å². The zero-order valence-corrected chi connectivity index (χ0v) is 15.1. The third-order valence-corrected chi connectivity index (χ3v) is 5.65. The average Bonchev–Trinajstić information content (AvgIpc) is 3.33. The molecule has 2 amide bonds. The van der Waals surface area contributed by atoms with Crippen molar-refractivity contribution in [3.63, 3.8) is 0 Å². The Bertz CT molecular complexity index is 761. The molecular formula is C20H26N4O2. The topological polar surface area (TPSA) is 66.7 Å². The number of carbonyl (C=O) groups excluding carboxylic acids is 2. The van der Waals surface area contributed by atoms with Crippen molar-refractivity contribution in [2.45, 2.75) is 57.5 Å². The maximum absolute atomic E-state index is 12.8. The van der Waals surface area contributed by atoms with E-state index in [2.05, 4.69) is 10.3 Å². The first-order valence-corrected chi connectivity index (χ1v) is 9.73. The predicted octanol–water partition coefficient (Wildman–Crippen LogP) is 2.52. The van der Waals surface area contributed by atoms with Gasteiger partial charge in [0, 0.05) is 24.9 Å². The quantitative estimate of drug-likeness (QED) is 0.917. The molecule has 1 saturated carbocycles. The fraction of sp³-hybridized carbons (Fsp3) is 0.550. The molecule has 0 bridgehead atoms. The van der Waals surface area contributed by atoms with Gasteiger partial charge in [0.15, 0.2) is 0 Å². The molecule has 1 N–H and O–H groups in total. The Balaban J connectivity index is 1.37. The molecule has 138 valence electrons. The van der Waals surface area contributed by atoms with Crippen LogP contribution in [0.3, 0.4) is 0 Å². The molecule has 0 aromatic carbocycles. The Morgan fingerprint density at radius 2 is 1.96 bits per heavy atom. The van der Waals surface area contributed by atoms with E-state index in [1.54, 1.807) is 0 Å². The van der Waals surface area contributed by atoms with Gasteiger partial charge >= 0.3 is 0 Å². The van der Waals surface area contributed by atoms with Crippen LogP contribution in [0.25, 0.3) is 5.65 Å². The highest BCUT2D eigenvalue weighted by Gasteiger charge is 2.37. The molecular weight excluding hydrogens is 328 g/mol. The first-order valence-electron chi connectivity index (χ1n) is 9.73. The summed E-state index contributed by atoms with van der Waals surface area (Å²) in [6, 6.07) is 5.51. The van der Waals surface area contributed by atoms with Gasteiger partial charge in [-0.15, -0.1) is 0 Å². The minimum Gasteiger partial charge on any atom is -0.349 e. The van der Waals surface area contributed by atoms with Gasteiger partial charge in [-0.1, -0.05) is 25.3 Å². The van der Waals surface area contributed by atoms with Gasteiger partial charge in [0.05, 0.1) is 12.2 Å². The van der Waals surface area contributed by atoms with Crippen LogP contribution in [0, 0.1) is 5.92 Å². The third kappa shape index (κ3) is 3.45. The number of hydrogen-bond acceptors (Lipinski definition) is 3. The van der Waals surface area contributed by atoms with Crippen LogP contribution >= 0.6 is 0 Å². The van der Waals surface area contributed by atoms with Crippen molar-refractivity contribution < 1.29 is 9.59 Å². The molecule has 6 heteroatoms. The van der Waals surface area contributed by atoms with Crippen molar-refractivity contribution >= 4 is 17.5 Å². The van der Waals surface area contributed by atoms with Gasteiger partial charge in [0.2, 0.25) is 11.8 Å².